The van der Waals surface area contributed by atoms with Gasteiger partial charge in [0.2, 0.25) is 5.91 Å². The predicted molar refractivity (Wildman–Crippen MR) is 102 cm³/mol. The van der Waals surface area contributed by atoms with Gasteiger partial charge in [0.25, 0.3) is 0 Å². The van der Waals surface area contributed by atoms with E-state index >= 15 is 0 Å². The van der Waals surface area contributed by atoms with E-state index < -0.39 is 6.04 Å². The van der Waals surface area contributed by atoms with E-state index in [0.717, 1.165) is 24.0 Å². The van der Waals surface area contributed by atoms with E-state index in [9.17, 15) is 9.59 Å². The Morgan fingerprint density at radius 2 is 1.65 bits per heavy atom. The number of carbonyl (C=O) groups is 2. The third-order valence-corrected chi connectivity index (χ3v) is 4.38. The van der Waals surface area contributed by atoms with Gasteiger partial charge >= 0.3 is 6.03 Å². The van der Waals surface area contributed by atoms with Gasteiger partial charge in [0.05, 0.1) is 6.04 Å². The lowest BCUT2D eigenvalue weighted by atomic mass is 10.0. The molecular weight excluding hydrogens is 328 g/mol. The van der Waals surface area contributed by atoms with Gasteiger partial charge in [-0.15, -0.1) is 0 Å². The van der Waals surface area contributed by atoms with Crippen LogP contribution in [0.3, 0.4) is 0 Å². The highest BCUT2D eigenvalue weighted by atomic mass is 16.2. The first-order chi connectivity index (χ1) is 12.5. The van der Waals surface area contributed by atoms with E-state index in [1.807, 2.05) is 61.5 Å². The molecule has 0 saturated heterocycles. The zero-order valence-corrected chi connectivity index (χ0v) is 14.7. The van der Waals surface area contributed by atoms with Gasteiger partial charge < -0.3 is 21.7 Å². The van der Waals surface area contributed by atoms with Crippen molar-refractivity contribution < 1.29 is 9.59 Å². The summed E-state index contributed by atoms with van der Waals surface area (Å²) in [6.45, 7) is 1.90. The lowest BCUT2D eigenvalue weighted by Gasteiger charge is -2.18. The Hall–Kier alpha value is -2.86. The van der Waals surface area contributed by atoms with Gasteiger partial charge in [-0.3, -0.25) is 4.79 Å². The highest BCUT2D eigenvalue weighted by molar-refractivity contribution is 5.89. The maximum absolute atomic E-state index is 12.3. The van der Waals surface area contributed by atoms with Crippen molar-refractivity contribution in [3.63, 3.8) is 0 Å². The molecule has 0 aliphatic heterocycles. The van der Waals surface area contributed by atoms with Crippen molar-refractivity contribution in [2.24, 2.45) is 5.73 Å². The van der Waals surface area contributed by atoms with E-state index in [1.165, 1.54) is 0 Å². The van der Waals surface area contributed by atoms with Crippen molar-refractivity contribution in [3.05, 3.63) is 65.7 Å². The van der Waals surface area contributed by atoms with Gasteiger partial charge in [-0.05, 0) is 43.0 Å². The number of hydrogen-bond donors (Lipinski definition) is 4. The number of benzene rings is 2. The highest BCUT2D eigenvalue weighted by Gasteiger charge is 2.23. The molecule has 136 valence electrons. The van der Waals surface area contributed by atoms with E-state index in [-0.39, 0.29) is 18.0 Å². The summed E-state index contributed by atoms with van der Waals surface area (Å²) in [6, 6.07) is 15.9. The molecule has 2 aromatic rings. The van der Waals surface area contributed by atoms with Crippen LogP contribution in [0, 0.1) is 0 Å². The SMILES string of the molecule is CC(NC(=O)C(N)c1ccccc1)c1ccc(NC(=O)NC2CC2)cc1. The lowest BCUT2D eigenvalue weighted by Crippen LogP contribution is -2.35. The summed E-state index contributed by atoms with van der Waals surface area (Å²) in [7, 11) is 0. The molecule has 1 fully saturated rings. The van der Waals surface area contributed by atoms with Crippen LogP contribution in [0.1, 0.15) is 43.0 Å². The van der Waals surface area contributed by atoms with Crippen molar-refractivity contribution in [1.82, 2.24) is 10.6 Å². The van der Waals surface area contributed by atoms with Crippen LogP contribution in [0.25, 0.3) is 0 Å². The Kier molecular flexibility index (Phi) is 5.53. The smallest absolute Gasteiger partial charge is 0.319 e. The van der Waals surface area contributed by atoms with Gasteiger partial charge in [0, 0.05) is 11.7 Å². The minimum Gasteiger partial charge on any atom is -0.348 e. The molecule has 0 aromatic heterocycles. The summed E-state index contributed by atoms with van der Waals surface area (Å²) in [6.07, 6.45) is 2.10. The van der Waals surface area contributed by atoms with Crippen LogP contribution in [-0.2, 0) is 4.79 Å². The molecule has 1 saturated carbocycles. The largest absolute Gasteiger partial charge is 0.348 e. The summed E-state index contributed by atoms with van der Waals surface area (Å²) in [5.74, 6) is -0.227. The molecule has 5 N–H and O–H groups in total. The van der Waals surface area contributed by atoms with Crippen LogP contribution in [0.15, 0.2) is 54.6 Å². The minimum atomic E-state index is -0.703. The van der Waals surface area contributed by atoms with Gasteiger partial charge in [-0.1, -0.05) is 42.5 Å². The fourth-order valence-corrected chi connectivity index (χ4v) is 2.63. The molecule has 2 unspecified atom stereocenters. The maximum atomic E-state index is 12.3. The molecule has 0 bridgehead atoms. The van der Waals surface area contributed by atoms with Gasteiger partial charge in [-0.2, -0.15) is 0 Å². The molecule has 3 rings (SSSR count). The Labute approximate surface area is 153 Å². The van der Waals surface area contributed by atoms with E-state index in [1.54, 1.807) is 0 Å². The molecule has 0 radical (unpaired) electrons. The fraction of sp³-hybridized carbons (Fsp3) is 0.300. The summed E-state index contributed by atoms with van der Waals surface area (Å²) >= 11 is 0. The van der Waals surface area contributed by atoms with Gasteiger partial charge in [-0.25, -0.2) is 4.79 Å². The zero-order chi connectivity index (χ0) is 18.5. The van der Waals surface area contributed by atoms with Crippen LogP contribution < -0.4 is 21.7 Å². The number of hydrogen-bond acceptors (Lipinski definition) is 3. The first kappa shape index (κ1) is 17.9. The quantitative estimate of drug-likeness (QED) is 0.644. The van der Waals surface area contributed by atoms with Crippen LogP contribution in [0.2, 0.25) is 0 Å². The highest BCUT2D eigenvalue weighted by Crippen LogP contribution is 2.20. The second-order valence-corrected chi connectivity index (χ2v) is 6.61. The van der Waals surface area contributed by atoms with Crippen molar-refractivity contribution in [3.8, 4) is 0 Å². The van der Waals surface area contributed by atoms with Crippen molar-refractivity contribution in [2.45, 2.75) is 37.9 Å². The molecule has 6 nitrogen and oxygen atoms in total. The molecule has 1 aliphatic rings. The molecular formula is C20H24N4O2. The Balaban J connectivity index is 1.54. The molecule has 6 heteroatoms. The molecule has 3 amide bonds. The van der Waals surface area contributed by atoms with Crippen molar-refractivity contribution in [2.75, 3.05) is 5.32 Å². The summed E-state index contributed by atoms with van der Waals surface area (Å²) in [4.78, 5) is 24.1. The van der Waals surface area contributed by atoms with E-state index in [2.05, 4.69) is 16.0 Å². The monoisotopic (exact) mass is 352 g/mol. The van der Waals surface area contributed by atoms with Gasteiger partial charge in [0.1, 0.15) is 6.04 Å². The first-order valence-corrected chi connectivity index (χ1v) is 8.81. The Bertz CT molecular complexity index is 757. The third-order valence-electron chi connectivity index (χ3n) is 4.38. The molecule has 0 spiro atoms. The van der Waals surface area contributed by atoms with Crippen LogP contribution in [-0.4, -0.2) is 18.0 Å². The average Bonchev–Trinajstić information content (AvgIpc) is 3.46. The summed E-state index contributed by atoms with van der Waals surface area (Å²) < 4.78 is 0. The maximum Gasteiger partial charge on any atom is 0.319 e. The number of nitrogens with one attached hydrogen (secondary N) is 3. The lowest BCUT2D eigenvalue weighted by molar-refractivity contribution is -0.123. The number of anilines is 1. The Morgan fingerprint density at radius 3 is 2.27 bits per heavy atom. The number of rotatable bonds is 6. The van der Waals surface area contributed by atoms with Gasteiger partial charge in [0.15, 0.2) is 0 Å². The predicted octanol–water partition coefficient (Wildman–Crippen LogP) is 2.85. The molecule has 26 heavy (non-hydrogen) atoms. The zero-order valence-electron chi connectivity index (χ0n) is 14.7. The molecule has 0 heterocycles. The van der Waals surface area contributed by atoms with E-state index in [4.69, 9.17) is 5.73 Å². The number of amides is 3. The standard InChI is InChI=1S/C20H24N4O2/c1-13(22-19(25)18(21)15-5-3-2-4-6-15)14-7-9-16(10-8-14)23-20(26)24-17-11-12-17/h2-10,13,17-18H,11-12,21H2,1H3,(H,22,25)(H2,23,24,26). The fourth-order valence-electron chi connectivity index (χ4n) is 2.63. The summed E-state index contributed by atoms with van der Waals surface area (Å²) in [5.41, 5.74) is 8.45. The third kappa shape index (κ3) is 4.83. The van der Waals surface area contributed by atoms with Crippen LogP contribution in [0.4, 0.5) is 10.5 Å². The number of nitrogens with two attached hydrogens (primary N) is 1. The second-order valence-electron chi connectivity index (χ2n) is 6.61. The first-order valence-electron chi connectivity index (χ1n) is 8.81. The van der Waals surface area contributed by atoms with Crippen LogP contribution in [0.5, 0.6) is 0 Å². The second kappa shape index (κ2) is 8.01. The minimum absolute atomic E-state index is 0.185. The molecule has 1 aliphatic carbocycles. The van der Waals surface area contributed by atoms with Crippen molar-refractivity contribution in [1.29, 1.82) is 0 Å². The number of urea groups is 1. The normalized spacial score (nSPS) is 15.6. The summed E-state index contributed by atoms with van der Waals surface area (Å²) in [5, 5.41) is 8.60. The topological polar surface area (TPSA) is 96.2 Å². The van der Waals surface area contributed by atoms with Crippen molar-refractivity contribution >= 4 is 17.6 Å². The Morgan fingerprint density at radius 1 is 1.00 bits per heavy atom. The van der Waals surface area contributed by atoms with E-state index in [0.29, 0.717) is 11.7 Å². The molecule has 2 aromatic carbocycles. The molecule has 2 atom stereocenters. The van der Waals surface area contributed by atoms with Crippen LogP contribution >= 0.6 is 0 Å². The average molecular weight is 352 g/mol. The number of carbonyl (C=O) groups excluding carboxylic acids is 2.